The number of aryl methyl sites for hydroxylation is 2. The van der Waals surface area contributed by atoms with Crippen LogP contribution >= 0.6 is 23.1 Å². The summed E-state index contributed by atoms with van der Waals surface area (Å²) < 4.78 is 0. The number of hydrogen-bond acceptors (Lipinski definition) is 6. The standard InChI is InChI=1S/C15H18N4O2S2/c1-7-5-11(18-6-17-7)22-10(4)14(21)19-15-12(13(16)20)8(2)9(3)23-15/h5-6,10H,1-4H3,(H2,16,20)(H,19,21). The van der Waals surface area contributed by atoms with Crippen LogP contribution in [0, 0.1) is 20.8 Å². The zero-order valence-electron chi connectivity index (χ0n) is 13.3. The Balaban J connectivity index is 2.13. The highest BCUT2D eigenvalue weighted by atomic mass is 32.2. The number of thiophene rings is 1. The van der Waals surface area contributed by atoms with Crippen LogP contribution in [0.3, 0.4) is 0 Å². The fourth-order valence-electron chi connectivity index (χ4n) is 1.95. The van der Waals surface area contributed by atoms with E-state index in [2.05, 4.69) is 15.3 Å². The minimum atomic E-state index is -0.533. The number of nitrogens with zero attached hydrogens (tertiary/aromatic N) is 2. The van der Waals surface area contributed by atoms with E-state index in [-0.39, 0.29) is 11.2 Å². The Morgan fingerprint density at radius 2 is 2.00 bits per heavy atom. The lowest BCUT2D eigenvalue weighted by Gasteiger charge is -2.11. The summed E-state index contributed by atoms with van der Waals surface area (Å²) in [6.07, 6.45) is 1.47. The Labute approximate surface area is 142 Å². The zero-order valence-corrected chi connectivity index (χ0v) is 15.0. The summed E-state index contributed by atoms with van der Waals surface area (Å²) in [5, 5.41) is 3.67. The average molecular weight is 350 g/mol. The van der Waals surface area contributed by atoms with E-state index in [0.29, 0.717) is 10.6 Å². The van der Waals surface area contributed by atoms with Crippen molar-refractivity contribution < 1.29 is 9.59 Å². The van der Waals surface area contributed by atoms with E-state index in [9.17, 15) is 9.59 Å². The molecule has 0 aliphatic carbocycles. The molecule has 6 nitrogen and oxygen atoms in total. The Hall–Kier alpha value is -1.93. The summed E-state index contributed by atoms with van der Waals surface area (Å²) in [5.41, 5.74) is 7.45. The van der Waals surface area contributed by atoms with Crippen molar-refractivity contribution >= 4 is 39.9 Å². The van der Waals surface area contributed by atoms with Gasteiger partial charge in [0.2, 0.25) is 5.91 Å². The van der Waals surface area contributed by atoms with Gasteiger partial charge in [0, 0.05) is 10.6 Å². The average Bonchev–Trinajstić information content (AvgIpc) is 2.73. The molecular weight excluding hydrogens is 332 g/mol. The van der Waals surface area contributed by atoms with E-state index in [0.717, 1.165) is 21.2 Å². The first-order chi connectivity index (χ1) is 10.8. The Morgan fingerprint density at radius 1 is 1.30 bits per heavy atom. The van der Waals surface area contributed by atoms with E-state index in [1.54, 1.807) is 6.92 Å². The molecule has 2 rings (SSSR count). The summed E-state index contributed by atoms with van der Waals surface area (Å²) in [6, 6.07) is 1.82. The number of thioether (sulfide) groups is 1. The molecule has 2 aromatic heterocycles. The van der Waals surface area contributed by atoms with E-state index < -0.39 is 5.91 Å². The van der Waals surface area contributed by atoms with Crippen LogP contribution in [0.15, 0.2) is 17.4 Å². The summed E-state index contributed by atoms with van der Waals surface area (Å²) in [6.45, 7) is 7.37. The minimum Gasteiger partial charge on any atom is -0.365 e. The Bertz CT molecular complexity index is 758. The molecule has 0 spiro atoms. The van der Waals surface area contributed by atoms with Crippen molar-refractivity contribution in [2.75, 3.05) is 5.32 Å². The molecule has 0 bridgehead atoms. The normalized spacial score (nSPS) is 12.0. The fourth-order valence-corrected chi connectivity index (χ4v) is 3.90. The van der Waals surface area contributed by atoms with Crippen molar-refractivity contribution in [2.24, 2.45) is 5.73 Å². The maximum Gasteiger partial charge on any atom is 0.251 e. The zero-order chi connectivity index (χ0) is 17.1. The Kier molecular flexibility index (Phi) is 5.38. The second kappa shape index (κ2) is 7.10. The molecule has 0 fully saturated rings. The molecule has 0 saturated carbocycles. The number of nitrogens with two attached hydrogens (primary N) is 1. The third-order valence-electron chi connectivity index (χ3n) is 3.31. The van der Waals surface area contributed by atoms with Gasteiger partial charge in [-0.15, -0.1) is 11.3 Å². The topological polar surface area (TPSA) is 98.0 Å². The third kappa shape index (κ3) is 4.08. The van der Waals surface area contributed by atoms with Crippen molar-refractivity contribution in [3.63, 3.8) is 0 Å². The predicted octanol–water partition coefficient (Wildman–Crippen LogP) is 2.68. The molecule has 23 heavy (non-hydrogen) atoms. The first-order valence-electron chi connectivity index (χ1n) is 6.95. The van der Waals surface area contributed by atoms with Gasteiger partial charge in [-0.05, 0) is 39.3 Å². The quantitative estimate of drug-likeness (QED) is 0.638. The van der Waals surface area contributed by atoms with Crippen LogP contribution < -0.4 is 11.1 Å². The van der Waals surface area contributed by atoms with Crippen molar-refractivity contribution in [3.05, 3.63) is 34.1 Å². The molecule has 1 atom stereocenters. The van der Waals surface area contributed by atoms with E-state index >= 15 is 0 Å². The van der Waals surface area contributed by atoms with Gasteiger partial charge in [0.05, 0.1) is 10.8 Å². The fraction of sp³-hybridized carbons (Fsp3) is 0.333. The second-order valence-electron chi connectivity index (χ2n) is 5.10. The highest BCUT2D eigenvalue weighted by molar-refractivity contribution is 8.00. The molecule has 2 heterocycles. The molecule has 2 amide bonds. The van der Waals surface area contributed by atoms with Crippen LogP contribution in [0.1, 0.15) is 33.4 Å². The molecule has 3 N–H and O–H groups in total. The van der Waals surface area contributed by atoms with Gasteiger partial charge in [-0.3, -0.25) is 9.59 Å². The maximum absolute atomic E-state index is 12.4. The third-order valence-corrected chi connectivity index (χ3v) is 5.47. The smallest absolute Gasteiger partial charge is 0.251 e. The molecular formula is C15H18N4O2S2. The van der Waals surface area contributed by atoms with E-state index in [1.807, 2.05) is 26.8 Å². The lowest BCUT2D eigenvalue weighted by Crippen LogP contribution is -2.24. The molecule has 8 heteroatoms. The highest BCUT2D eigenvalue weighted by Gasteiger charge is 2.22. The molecule has 0 aliphatic heterocycles. The van der Waals surface area contributed by atoms with Crippen molar-refractivity contribution in [1.82, 2.24) is 9.97 Å². The number of carbonyl (C=O) groups excluding carboxylic acids is 2. The Morgan fingerprint density at radius 3 is 2.61 bits per heavy atom. The number of hydrogen-bond donors (Lipinski definition) is 2. The van der Waals surface area contributed by atoms with Crippen molar-refractivity contribution in [2.45, 2.75) is 38.0 Å². The first-order valence-corrected chi connectivity index (χ1v) is 8.65. The van der Waals surface area contributed by atoms with Crippen LogP contribution in [0.25, 0.3) is 0 Å². The molecule has 2 aromatic rings. The summed E-state index contributed by atoms with van der Waals surface area (Å²) in [7, 11) is 0. The van der Waals surface area contributed by atoms with Gasteiger partial charge in [-0.25, -0.2) is 9.97 Å². The molecule has 1 unspecified atom stereocenters. The van der Waals surface area contributed by atoms with Gasteiger partial charge in [0.25, 0.3) is 5.91 Å². The van der Waals surface area contributed by atoms with Crippen molar-refractivity contribution in [3.8, 4) is 0 Å². The summed E-state index contributed by atoms with van der Waals surface area (Å²) in [4.78, 5) is 33.1. The number of rotatable bonds is 5. The lowest BCUT2D eigenvalue weighted by atomic mass is 10.1. The molecule has 0 aromatic carbocycles. The number of primary amides is 1. The number of nitrogens with one attached hydrogen (secondary N) is 1. The SMILES string of the molecule is Cc1cc(SC(C)C(=O)Nc2sc(C)c(C)c2C(N)=O)ncn1. The number of anilines is 1. The van der Waals surface area contributed by atoms with Crippen LogP contribution in [0.5, 0.6) is 0 Å². The lowest BCUT2D eigenvalue weighted by molar-refractivity contribution is -0.115. The van der Waals surface area contributed by atoms with Gasteiger partial charge in [-0.2, -0.15) is 0 Å². The van der Waals surface area contributed by atoms with Crippen LogP contribution in [-0.4, -0.2) is 27.0 Å². The van der Waals surface area contributed by atoms with Crippen molar-refractivity contribution in [1.29, 1.82) is 0 Å². The highest BCUT2D eigenvalue weighted by Crippen LogP contribution is 2.33. The monoisotopic (exact) mass is 350 g/mol. The first kappa shape index (κ1) is 17.4. The number of carbonyl (C=O) groups is 2. The summed E-state index contributed by atoms with van der Waals surface area (Å²) in [5.74, 6) is -0.733. The van der Waals surface area contributed by atoms with Gasteiger partial charge in [0.1, 0.15) is 16.4 Å². The van der Waals surface area contributed by atoms with Gasteiger partial charge >= 0.3 is 0 Å². The predicted molar refractivity (Wildman–Crippen MR) is 93.0 cm³/mol. The molecule has 122 valence electrons. The number of amides is 2. The van der Waals surface area contributed by atoms with Gasteiger partial charge in [-0.1, -0.05) is 11.8 Å². The number of aromatic nitrogens is 2. The molecule has 0 saturated heterocycles. The summed E-state index contributed by atoms with van der Waals surface area (Å²) >= 11 is 2.69. The van der Waals surface area contributed by atoms with Crippen LogP contribution in [0.2, 0.25) is 0 Å². The van der Waals surface area contributed by atoms with Crippen LogP contribution in [-0.2, 0) is 4.79 Å². The van der Waals surface area contributed by atoms with E-state index in [1.165, 1.54) is 29.4 Å². The molecule has 0 aliphatic rings. The second-order valence-corrected chi connectivity index (χ2v) is 7.68. The largest absolute Gasteiger partial charge is 0.365 e. The minimum absolute atomic E-state index is 0.199. The molecule has 0 radical (unpaired) electrons. The van der Waals surface area contributed by atoms with Gasteiger partial charge in [0.15, 0.2) is 0 Å². The van der Waals surface area contributed by atoms with E-state index in [4.69, 9.17) is 5.73 Å². The van der Waals surface area contributed by atoms with Crippen LogP contribution in [0.4, 0.5) is 5.00 Å². The van der Waals surface area contributed by atoms with Gasteiger partial charge < -0.3 is 11.1 Å². The maximum atomic E-state index is 12.4.